The van der Waals surface area contributed by atoms with Gasteiger partial charge >= 0.3 is 5.97 Å². The molecule has 3 aromatic rings. The van der Waals surface area contributed by atoms with Crippen molar-refractivity contribution in [2.75, 3.05) is 11.9 Å². The molecule has 3 heterocycles. The van der Waals surface area contributed by atoms with E-state index in [2.05, 4.69) is 15.3 Å². The molecule has 0 radical (unpaired) electrons. The van der Waals surface area contributed by atoms with E-state index in [9.17, 15) is 14.0 Å². The second-order valence-electron chi connectivity index (χ2n) is 7.25. The van der Waals surface area contributed by atoms with Crippen molar-refractivity contribution in [2.24, 2.45) is 0 Å². The average molecular weight is 486 g/mol. The first kappa shape index (κ1) is 21.4. The van der Waals surface area contributed by atoms with Crippen LogP contribution in [-0.4, -0.2) is 28.5 Å². The maximum Gasteiger partial charge on any atom is 0.339 e. The van der Waals surface area contributed by atoms with E-state index >= 15 is 0 Å². The van der Waals surface area contributed by atoms with E-state index in [0.29, 0.717) is 11.3 Å². The Bertz CT molecular complexity index is 1360. The van der Waals surface area contributed by atoms with Crippen LogP contribution in [0.25, 0.3) is 5.76 Å². The highest BCUT2D eigenvalue weighted by Gasteiger charge is 2.61. The standard InChI is InChI=1S/C23H14Cl2FN3O4/c1-2-32-20(30)15-17(11-6-4-3-5-7-11)33-19-16(18(24)28-22(25)29-19)23(15)13-10-12(26)8-9-14(13)27-21(23)31/h3-10H,2H2,1H3,(H,27,31)/t23-/m0/s1. The van der Waals surface area contributed by atoms with Crippen molar-refractivity contribution < 1.29 is 23.5 Å². The fourth-order valence-electron chi connectivity index (χ4n) is 4.23. The Morgan fingerprint density at radius 1 is 1.18 bits per heavy atom. The zero-order valence-electron chi connectivity index (χ0n) is 17.0. The number of halogens is 3. The van der Waals surface area contributed by atoms with Gasteiger partial charge < -0.3 is 14.8 Å². The summed E-state index contributed by atoms with van der Waals surface area (Å²) in [6, 6.07) is 12.4. The Balaban J connectivity index is 1.97. The third-order valence-corrected chi connectivity index (χ3v) is 5.91. The van der Waals surface area contributed by atoms with Crippen LogP contribution in [0.1, 0.15) is 23.6 Å². The summed E-state index contributed by atoms with van der Waals surface area (Å²) < 4.78 is 25.8. The number of anilines is 1. The number of hydrogen-bond donors (Lipinski definition) is 1. The number of nitrogens with one attached hydrogen (secondary N) is 1. The lowest BCUT2D eigenvalue weighted by Gasteiger charge is -2.36. The summed E-state index contributed by atoms with van der Waals surface area (Å²) in [5.41, 5.74) is -1.22. The van der Waals surface area contributed by atoms with Crippen LogP contribution < -0.4 is 10.1 Å². The molecule has 2 aliphatic rings. The van der Waals surface area contributed by atoms with Crippen molar-refractivity contribution in [2.45, 2.75) is 12.3 Å². The molecule has 10 heteroatoms. The van der Waals surface area contributed by atoms with Gasteiger partial charge in [-0.25, -0.2) is 14.2 Å². The molecule has 1 N–H and O–H groups in total. The van der Waals surface area contributed by atoms with Crippen LogP contribution in [0.2, 0.25) is 10.4 Å². The molecule has 0 unspecified atom stereocenters. The fourth-order valence-corrected chi connectivity index (χ4v) is 4.74. The number of ether oxygens (including phenoxy) is 2. The lowest BCUT2D eigenvalue weighted by atomic mass is 9.68. The van der Waals surface area contributed by atoms with Crippen LogP contribution in [0.4, 0.5) is 10.1 Å². The summed E-state index contributed by atoms with van der Waals surface area (Å²) in [4.78, 5) is 35.3. The highest BCUT2D eigenvalue weighted by molar-refractivity contribution is 6.34. The molecule has 0 fully saturated rings. The quantitative estimate of drug-likeness (QED) is 0.333. The van der Waals surface area contributed by atoms with E-state index in [1.807, 2.05) is 0 Å². The van der Waals surface area contributed by atoms with Crippen molar-refractivity contribution in [3.63, 3.8) is 0 Å². The van der Waals surface area contributed by atoms with Gasteiger partial charge in [-0.15, -0.1) is 0 Å². The molecule has 1 atom stereocenters. The van der Waals surface area contributed by atoms with Crippen LogP contribution in [-0.2, 0) is 19.7 Å². The summed E-state index contributed by atoms with van der Waals surface area (Å²) in [5.74, 6) is -2.22. The van der Waals surface area contributed by atoms with Crippen molar-refractivity contribution in [3.05, 3.63) is 87.0 Å². The van der Waals surface area contributed by atoms with Gasteiger partial charge in [0.2, 0.25) is 17.1 Å². The van der Waals surface area contributed by atoms with Gasteiger partial charge in [0.1, 0.15) is 27.7 Å². The second-order valence-corrected chi connectivity index (χ2v) is 7.95. The molecule has 2 aliphatic heterocycles. The van der Waals surface area contributed by atoms with Gasteiger partial charge in [-0.1, -0.05) is 41.9 Å². The van der Waals surface area contributed by atoms with Crippen molar-refractivity contribution in [1.82, 2.24) is 9.97 Å². The van der Waals surface area contributed by atoms with Crippen molar-refractivity contribution in [3.8, 4) is 5.88 Å². The van der Waals surface area contributed by atoms with Gasteiger partial charge in [0.05, 0.1) is 12.2 Å². The number of amides is 1. The van der Waals surface area contributed by atoms with Gasteiger partial charge in [-0.2, -0.15) is 4.98 Å². The highest BCUT2D eigenvalue weighted by Crippen LogP contribution is 2.56. The van der Waals surface area contributed by atoms with E-state index in [1.54, 1.807) is 37.3 Å². The Labute approximate surface area is 197 Å². The SMILES string of the molecule is CCOC(=O)C1=C(c2ccccc2)Oc2nc(Cl)nc(Cl)c2[C@@]12C(=O)Nc1ccc(F)cc12. The second kappa shape index (κ2) is 7.83. The van der Waals surface area contributed by atoms with Gasteiger partial charge in [-0.05, 0) is 36.7 Å². The summed E-state index contributed by atoms with van der Waals surface area (Å²) in [5, 5.41) is 2.28. The predicted molar refractivity (Wildman–Crippen MR) is 118 cm³/mol. The first-order valence-corrected chi connectivity index (χ1v) is 10.6. The van der Waals surface area contributed by atoms with Gasteiger partial charge in [-0.3, -0.25) is 4.79 Å². The topological polar surface area (TPSA) is 90.4 Å². The smallest absolute Gasteiger partial charge is 0.339 e. The predicted octanol–water partition coefficient (Wildman–Crippen LogP) is 4.53. The Kier molecular flexibility index (Phi) is 5.07. The van der Waals surface area contributed by atoms with Crippen LogP contribution in [0.15, 0.2) is 54.1 Å². The molecule has 1 spiro atoms. The molecule has 0 bridgehead atoms. The average Bonchev–Trinajstić information content (AvgIpc) is 3.05. The molecular weight excluding hydrogens is 472 g/mol. The molecule has 1 amide bonds. The van der Waals surface area contributed by atoms with Gasteiger partial charge in [0.15, 0.2) is 0 Å². The van der Waals surface area contributed by atoms with Crippen LogP contribution in [0.3, 0.4) is 0 Å². The monoisotopic (exact) mass is 485 g/mol. The van der Waals surface area contributed by atoms with Crippen molar-refractivity contribution >= 4 is 46.5 Å². The number of rotatable bonds is 3. The number of carbonyl (C=O) groups excluding carboxylic acids is 2. The molecule has 166 valence electrons. The number of carbonyl (C=O) groups is 2. The minimum Gasteiger partial charge on any atom is -0.462 e. The summed E-state index contributed by atoms with van der Waals surface area (Å²) in [7, 11) is 0. The van der Waals surface area contributed by atoms with Crippen LogP contribution >= 0.6 is 23.2 Å². The molecule has 1 aromatic heterocycles. The van der Waals surface area contributed by atoms with Gasteiger partial charge in [0, 0.05) is 16.8 Å². The largest absolute Gasteiger partial charge is 0.462 e. The zero-order valence-corrected chi connectivity index (χ0v) is 18.5. The summed E-state index contributed by atoms with van der Waals surface area (Å²) in [6.07, 6.45) is 0. The van der Waals surface area contributed by atoms with Gasteiger partial charge in [0.25, 0.3) is 0 Å². The molecule has 2 aromatic carbocycles. The Morgan fingerprint density at radius 2 is 1.94 bits per heavy atom. The normalized spacial score (nSPS) is 18.5. The van der Waals surface area contributed by atoms with E-state index in [0.717, 1.165) is 6.07 Å². The molecule has 5 rings (SSSR count). The van der Waals surface area contributed by atoms with E-state index in [4.69, 9.17) is 32.7 Å². The van der Waals surface area contributed by atoms with E-state index in [1.165, 1.54) is 12.1 Å². The lowest BCUT2D eigenvalue weighted by Crippen LogP contribution is -2.45. The maximum atomic E-state index is 14.5. The number of aromatic nitrogens is 2. The minimum atomic E-state index is -1.94. The molecule has 0 saturated carbocycles. The Hall–Kier alpha value is -3.49. The van der Waals surface area contributed by atoms with E-state index in [-0.39, 0.29) is 45.4 Å². The minimum absolute atomic E-state index is 0.0136. The first-order valence-electron chi connectivity index (χ1n) is 9.88. The third kappa shape index (κ3) is 3.09. The molecular formula is C23H14Cl2FN3O4. The number of benzene rings is 2. The number of hydrogen-bond acceptors (Lipinski definition) is 6. The third-order valence-electron chi connectivity index (χ3n) is 5.47. The Morgan fingerprint density at radius 3 is 2.67 bits per heavy atom. The highest BCUT2D eigenvalue weighted by atomic mass is 35.5. The number of esters is 1. The zero-order chi connectivity index (χ0) is 23.3. The molecule has 0 aliphatic carbocycles. The summed E-state index contributed by atoms with van der Waals surface area (Å²) >= 11 is 12.5. The van der Waals surface area contributed by atoms with Crippen molar-refractivity contribution in [1.29, 1.82) is 0 Å². The summed E-state index contributed by atoms with van der Waals surface area (Å²) in [6.45, 7) is 1.65. The van der Waals surface area contributed by atoms with Crippen LogP contribution in [0, 0.1) is 5.82 Å². The fraction of sp³-hybridized carbons (Fsp3) is 0.130. The molecule has 33 heavy (non-hydrogen) atoms. The van der Waals surface area contributed by atoms with Crippen LogP contribution in [0.5, 0.6) is 5.88 Å². The number of fused-ring (bicyclic) bond motifs is 4. The lowest BCUT2D eigenvalue weighted by molar-refractivity contribution is -0.140. The van der Waals surface area contributed by atoms with E-state index < -0.39 is 23.1 Å². The molecule has 0 saturated heterocycles. The maximum absolute atomic E-state index is 14.5. The first-order chi connectivity index (χ1) is 15.9. The number of nitrogens with zero attached hydrogens (tertiary/aromatic N) is 2. The molecule has 7 nitrogen and oxygen atoms in total.